The van der Waals surface area contributed by atoms with Crippen LogP contribution in [0.5, 0.6) is 0 Å². The third-order valence-corrected chi connectivity index (χ3v) is 3.45. The molecule has 3 rings (SSSR count). The number of fused-ring (bicyclic) bond motifs is 1. The van der Waals surface area contributed by atoms with Crippen molar-refractivity contribution in [2.24, 2.45) is 0 Å². The number of hydrogen-bond donors (Lipinski definition) is 2. The van der Waals surface area contributed by atoms with E-state index >= 15 is 0 Å². The first-order chi connectivity index (χ1) is 10.5. The van der Waals surface area contributed by atoms with Crippen LogP contribution in [0.25, 0.3) is 5.52 Å². The minimum absolute atomic E-state index is 0.199. The highest BCUT2D eigenvalue weighted by Gasteiger charge is 2.12. The number of aryl methyl sites for hydroxylation is 1. The minimum Gasteiger partial charge on any atom is -0.347 e. The molecule has 0 saturated heterocycles. The summed E-state index contributed by atoms with van der Waals surface area (Å²) in [6.07, 6.45) is 1.66. The van der Waals surface area contributed by atoms with Gasteiger partial charge in [-0.2, -0.15) is 5.10 Å². The third kappa shape index (κ3) is 2.87. The van der Waals surface area contributed by atoms with Crippen LogP contribution in [0.4, 0.5) is 0 Å². The van der Waals surface area contributed by atoms with E-state index in [1.807, 2.05) is 12.1 Å². The van der Waals surface area contributed by atoms with E-state index in [-0.39, 0.29) is 17.2 Å². The topological polar surface area (TPSA) is 79.3 Å². The summed E-state index contributed by atoms with van der Waals surface area (Å²) in [4.78, 5) is 26.6. The van der Waals surface area contributed by atoms with Gasteiger partial charge in [-0.15, -0.1) is 0 Å². The number of H-pyrrole nitrogens is 1. The number of amides is 1. The van der Waals surface area contributed by atoms with Crippen molar-refractivity contribution in [3.63, 3.8) is 0 Å². The highest BCUT2D eigenvalue weighted by Crippen LogP contribution is 2.09. The van der Waals surface area contributed by atoms with Crippen molar-refractivity contribution < 1.29 is 4.79 Å². The van der Waals surface area contributed by atoms with Crippen molar-refractivity contribution in [1.82, 2.24) is 19.9 Å². The lowest BCUT2D eigenvalue weighted by molar-refractivity contribution is 0.0945. The second-order valence-electron chi connectivity index (χ2n) is 4.93. The molecule has 2 heterocycles. The van der Waals surface area contributed by atoms with Crippen molar-refractivity contribution >= 4 is 23.0 Å². The summed E-state index contributed by atoms with van der Waals surface area (Å²) < 4.78 is 1.41. The van der Waals surface area contributed by atoms with E-state index in [4.69, 9.17) is 11.6 Å². The molecule has 0 radical (unpaired) electrons. The lowest BCUT2D eigenvalue weighted by Gasteiger charge is -2.03. The molecule has 0 atom stereocenters. The van der Waals surface area contributed by atoms with E-state index in [0.717, 1.165) is 5.56 Å². The molecule has 0 saturated carbocycles. The first-order valence-electron chi connectivity index (χ1n) is 6.65. The predicted molar refractivity (Wildman–Crippen MR) is 83.2 cm³/mol. The maximum Gasteiger partial charge on any atom is 0.274 e. The molecular weight excluding hydrogens is 304 g/mol. The Labute approximate surface area is 130 Å². The molecule has 3 aromatic rings. The molecule has 112 valence electrons. The van der Waals surface area contributed by atoms with Gasteiger partial charge >= 0.3 is 0 Å². The molecule has 0 aliphatic rings. The number of rotatable bonds is 3. The number of aromatic nitrogens is 3. The molecule has 0 aliphatic carbocycles. The van der Waals surface area contributed by atoms with Crippen LogP contribution in [-0.4, -0.2) is 20.5 Å². The summed E-state index contributed by atoms with van der Waals surface area (Å²) in [5.74, 6) is -0.337. The van der Waals surface area contributed by atoms with Gasteiger partial charge in [-0.05, 0) is 24.6 Å². The molecule has 0 unspecified atom stereocenters. The average Bonchev–Trinajstić information content (AvgIpc) is 2.90. The molecule has 1 amide bonds. The van der Waals surface area contributed by atoms with Gasteiger partial charge in [0.25, 0.3) is 11.5 Å². The number of carbonyl (C=O) groups is 1. The molecule has 1 aromatic carbocycles. The molecule has 2 N–H and O–H groups in total. The fourth-order valence-electron chi connectivity index (χ4n) is 2.11. The Morgan fingerprint density at radius 2 is 2.09 bits per heavy atom. The maximum absolute atomic E-state index is 12.1. The summed E-state index contributed by atoms with van der Waals surface area (Å²) >= 11 is 5.81. The van der Waals surface area contributed by atoms with E-state index in [9.17, 15) is 9.59 Å². The number of benzene rings is 1. The number of nitrogens with zero attached hydrogens (tertiary/aromatic N) is 2. The summed E-state index contributed by atoms with van der Waals surface area (Å²) in [5, 5.41) is 7.53. The van der Waals surface area contributed by atoms with Crippen LogP contribution in [0.2, 0.25) is 5.02 Å². The van der Waals surface area contributed by atoms with Crippen LogP contribution in [0, 0.1) is 6.92 Å². The Balaban J connectivity index is 1.79. The summed E-state index contributed by atoms with van der Waals surface area (Å²) in [5.41, 5.74) is 1.86. The number of hydrogen-bond acceptors (Lipinski definition) is 3. The molecule has 7 heteroatoms. The summed E-state index contributed by atoms with van der Waals surface area (Å²) in [6.45, 7) is 2.11. The smallest absolute Gasteiger partial charge is 0.274 e. The lowest BCUT2D eigenvalue weighted by Crippen LogP contribution is -2.23. The molecule has 22 heavy (non-hydrogen) atoms. The highest BCUT2D eigenvalue weighted by molar-refractivity contribution is 6.30. The van der Waals surface area contributed by atoms with Crippen LogP contribution < -0.4 is 10.9 Å². The molecule has 0 spiro atoms. The van der Waals surface area contributed by atoms with Gasteiger partial charge in [0, 0.05) is 29.5 Å². The van der Waals surface area contributed by atoms with Crippen LogP contribution >= 0.6 is 11.6 Å². The number of aromatic amines is 1. The first kappa shape index (κ1) is 14.3. The zero-order valence-corrected chi connectivity index (χ0v) is 12.5. The standard InChI is InChI=1S/C15H13ClN4O2/c1-9-8-20-13(15(22)18-9)6-12(19-20)14(21)17-7-10-2-4-11(16)5-3-10/h2-6,8H,7H2,1H3,(H,17,21)(H,18,22). The molecule has 6 nitrogen and oxygen atoms in total. The Morgan fingerprint density at radius 1 is 1.36 bits per heavy atom. The van der Waals surface area contributed by atoms with Crippen molar-refractivity contribution in [3.05, 3.63) is 68.9 Å². The molecular formula is C15H13ClN4O2. The Kier molecular flexibility index (Phi) is 3.68. The van der Waals surface area contributed by atoms with Crippen LogP contribution in [-0.2, 0) is 6.54 Å². The van der Waals surface area contributed by atoms with E-state index in [1.54, 1.807) is 25.3 Å². The predicted octanol–water partition coefficient (Wildman–Crippen LogP) is 1.91. The second kappa shape index (κ2) is 5.65. The van der Waals surface area contributed by atoms with Crippen LogP contribution in [0.15, 0.2) is 41.3 Å². The Hall–Kier alpha value is -2.60. The fourth-order valence-corrected chi connectivity index (χ4v) is 2.23. The Bertz CT molecular complexity index is 896. The van der Waals surface area contributed by atoms with Crippen molar-refractivity contribution in [2.75, 3.05) is 0 Å². The summed E-state index contributed by atoms with van der Waals surface area (Å²) in [6, 6.07) is 8.66. The summed E-state index contributed by atoms with van der Waals surface area (Å²) in [7, 11) is 0. The number of nitrogens with one attached hydrogen (secondary N) is 2. The van der Waals surface area contributed by atoms with Crippen LogP contribution in [0.1, 0.15) is 21.7 Å². The average molecular weight is 317 g/mol. The van der Waals surface area contributed by atoms with Gasteiger partial charge < -0.3 is 10.3 Å². The first-order valence-corrected chi connectivity index (χ1v) is 7.03. The Morgan fingerprint density at radius 3 is 2.82 bits per heavy atom. The highest BCUT2D eigenvalue weighted by atomic mass is 35.5. The fraction of sp³-hybridized carbons (Fsp3) is 0.133. The zero-order valence-electron chi connectivity index (χ0n) is 11.8. The lowest BCUT2D eigenvalue weighted by atomic mass is 10.2. The molecule has 0 fully saturated rings. The molecule has 0 bridgehead atoms. The number of carbonyl (C=O) groups excluding carboxylic acids is 1. The molecule has 2 aromatic heterocycles. The SMILES string of the molecule is Cc1cn2nc(C(=O)NCc3ccc(Cl)cc3)cc2c(=O)[nH]1. The van der Waals surface area contributed by atoms with E-state index < -0.39 is 0 Å². The van der Waals surface area contributed by atoms with Crippen molar-refractivity contribution in [2.45, 2.75) is 13.5 Å². The van der Waals surface area contributed by atoms with E-state index in [1.165, 1.54) is 10.6 Å². The van der Waals surface area contributed by atoms with Gasteiger partial charge in [-0.3, -0.25) is 9.59 Å². The molecule has 0 aliphatic heterocycles. The van der Waals surface area contributed by atoms with E-state index in [0.29, 0.717) is 22.8 Å². The van der Waals surface area contributed by atoms with Gasteiger partial charge in [0.05, 0.1) is 0 Å². The van der Waals surface area contributed by atoms with Gasteiger partial charge in [0.15, 0.2) is 5.69 Å². The van der Waals surface area contributed by atoms with Crippen molar-refractivity contribution in [1.29, 1.82) is 0 Å². The van der Waals surface area contributed by atoms with Gasteiger partial charge in [-0.1, -0.05) is 23.7 Å². The van der Waals surface area contributed by atoms with Crippen molar-refractivity contribution in [3.8, 4) is 0 Å². The minimum atomic E-state index is -0.337. The van der Waals surface area contributed by atoms with Crippen LogP contribution in [0.3, 0.4) is 0 Å². The van der Waals surface area contributed by atoms with Gasteiger partial charge in [0.2, 0.25) is 0 Å². The van der Waals surface area contributed by atoms with E-state index in [2.05, 4.69) is 15.4 Å². The van der Waals surface area contributed by atoms with Gasteiger partial charge in [0.1, 0.15) is 5.52 Å². The zero-order chi connectivity index (χ0) is 15.7. The largest absolute Gasteiger partial charge is 0.347 e. The number of halogens is 1. The maximum atomic E-state index is 12.1. The quantitative estimate of drug-likeness (QED) is 0.774. The third-order valence-electron chi connectivity index (χ3n) is 3.19. The monoisotopic (exact) mass is 316 g/mol. The normalized spacial score (nSPS) is 10.8. The van der Waals surface area contributed by atoms with Gasteiger partial charge in [-0.25, -0.2) is 4.52 Å². The second-order valence-corrected chi connectivity index (χ2v) is 5.37.